The van der Waals surface area contributed by atoms with E-state index in [9.17, 15) is 18.0 Å². The van der Waals surface area contributed by atoms with Gasteiger partial charge in [-0.1, -0.05) is 0 Å². The van der Waals surface area contributed by atoms with Crippen molar-refractivity contribution in [1.29, 1.82) is 0 Å². The van der Waals surface area contributed by atoms with Gasteiger partial charge >= 0.3 is 6.18 Å². The monoisotopic (exact) mass is 412 g/mol. The summed E-state index contributed by atoms with van der Waals surface area (Å²) in [6.07, 6.45) is 0.455. The van der Waals surface area contributed by atoms with Gasteiger partial charge in [0.1, 0.15) is 5.69 Å². The van der Waals surface area contributed by atoms with E-state index in [0.29, 0.717) is 29.2 Å². The van der Waals surface area contributed by atoms with Gasteiger partial charge in [-0.3, -0.25) is 19.6 Å². The van der Waals surface area contributed by atoms with Crippen LogP contribution in [0.3, 0.4) is 0 Å². The Balaban J connectivity index is 1.56. The minimum absolute atomic E-state index is 0.161. The zero-order valence-corrected chi connectivity index (χ0v) is 15.7. The van der Waals surface area contributed by atoms with Crippen molar-refractivity contribution in [2.75, 3.05) is 11.4 Å². The third kappa shape index (κ3) is 2.83. The van der Waals surface area contributed by atoms with E-state index in [1.165, 1.54) is 17.0 Å². The van der Waals surface area contributed by atoms with Gasteiger partial charge in [-0.05, 0) is 37.3 Å². The fourth-order valence-electron chi connectivity index (χ4n) is 3.69. The number of pyridine rings is 1. The van der Waals surface area contributed by atoms with Crippen LogP contribution in [0.15, 0.2) is 48.9 Å². The number of carbonyl (C=O) groups is 1. The molecular weight excluding hydrogens is 397 g/mol. The van der Waals surface area contributed by atoms with Crippen LogP contribution < -0.4 is 4.90 Å². The van der Waals surface area contributed by atoms with Gasteiger partial charge in [0.25, 0.3) is 5.91 Å². The molecular formula is C20H15F3N6O. The second-order valence-corrected chi connectivity index (χ2v) is 7.19. The molecule has 1 aromatic carbocycles. The number of rotatable bonds is 2. The number of nitrogens with zero attached hydrogens (tertiary/aromatic N) is 5. The van der Waals surface area contributed by atoms with Crippen LogP contribution in [0.25, 0.3) is 22.2 Å². The molecule has 1 amide bonds. The highest BCUT2D eigenvalue weighted by Crippen LogP contribution is 2.34. The Morgan fingerprint density at radius 1 is 1.13 bits per heavy atom. The first-order valence-electron chi connectivity index (χ1n) is 9.19. The van der Waals surface area contributed by atoms with Crippen molar-refractivity contribution in [3.05, 3.63) is 60.2 Å². The molecule has 0 bridgehead atoms. The second kappa shape index (κ2) is 6.41. The number of hydrogen-bond acceptors (Lipinski definition) is 4. The molecule has 4 aromatic rings. The van der Waals surface area contributed by atoms with E-state index in [-0.39, 0.29) is 11.9 Å². The highest BCUT2D eigenvalue weighted by molar-refractivity contribution is 6.09. The molecule has 0 saturated heterocycles. The number of fused-ring (bicyclic) bond motifs is 2. The second-order valence-electron chi connectivity index (χ2n) is 7.19. The van der Waals surface area contributed by atoms with E-state index in [1.54, 1.807) is 23.3 Å². The normalized spacial score (nSPS) is 16.9. The molecule has 1 aliphatic rings. The zero-order chi connectivity index (χ0) is 21.0. The fraction of sp³-hybridized carbons (Fsp3) is 0.200. The summed E-state index contributed by atoms with van der Waals surface area (Å²) in [5.74, 6) is -0.338. The lowest BCUT2D eigenvalue weighted by molar-refractivity contribution is -0.137. The largest absolute Gasteiger partial charge is 0.416 e. The van der Waals surface area contributed by atoms with E-state index in [4.69, 9.17) is 0 Å². The highest BCUT2D eigenvalue weighted by atomic mass is 19.4. The molecule has 4 heterocycles. The number of carbonyl (C=O) groups excluding carboxylic acids is 1. The van der Waals surface area contributed by atoms with Gasteiger partial charge < -0.3 is 4.90 Å². The predicted molar refractivity (Wildman–Crippen MR) is 103 cm³/mol. The molecule has 1 atom stereocenters. The maximum Gasteiger partial charge on any atom is 0.416 e. The van der Waals surface area contributed by atoms with Crippen molar-refractivity contribution in [3.8, 4) is 11.3 Å². The van der Waals surface area contributed by atoms with Gasteiger partial charge in [0.15, 0.2) is 0 Å². The van der Waals surface area contributed by atoms with Crippen molar-refractivity contribution in [2.45, 2.75) is 19.1 Å². The van der Waals surface area contributed by atoms with Gasteiger partial charge in [-0.15, -0.1) is 0 Å². The van der Waals surface area contributed by atoms with Crippen LogP contribution in [-0.2, 0) is 6.18 Å². The summed E-state index contributed by atoms with van der Waals surface area (Å²) in [7, 11) is 0. The summed E-state index contributed by atoms with van der Waals surface area (Å²) in [6.45, 7) is 2.20. The van der Waals surface area contributed by atoms with Crippen molar-refractivity contribution in [3.63, 3.8) is 0 Å². The van der Waals surface area contributed by atoms with Gasteiger partial charge in [-0.2, -0.15) is 23.4 Å². The molecule has 0 saturated carbocycles. The number of aromatic amines is 1. The predicted octanol–water partition coefficient (Wildman–Crippen LogP) is 4.06. The Morgan fingerprint density at radius 3 is 2.63 bits per heavy atom. The number of nitrogens with one attached hydrogen (secondary N) is 1. The number of aromatic nitrogens is 5. The number of H-pyrrole nitrogens is 1. The summed E-state index contributed by atoms with van der Waals surface area (Å²) in [4.78, 5) is 19.2. The number of benzene rings is 1. The van der Waals surface area contributed by atoms with Crippen LogP contribution >= 0.6 is 0 Å². The zero-order valence-electron chi connectivity index (χ0n) is 15.7. The number of amides is 1. The Kier molecular flexibility index (Phi) is 3.92. The number of halogens is 3. The van der Waals surface area contributed by atoms with Crippen molar-refractivity contribution in [2.24, 2.45) is 0 Å². The molecule has 30 heavy (non-hydrogen) atoms. The smallest absolute Gasteiger partial charge is 0.305 e. The van der Waals surface area contributed by atoms with Crippen molar-refractivity contribution in [1.82, 2.24) is 25.0 Å². The first-order chi connectivity index (χ1) is 14.3. The number of alkyl halides is 3. The summed E-state index contributed by atoms with van der Waals surface area (Å²) in [5.41, 5.74) is 1.89. The average Bonchev–Trinajstić information content (AvgIpc) is 3.37. The molecule has 152 valence electrons. The SMILES string of the molecule is C[C@H]1CN(c2ccc(C(F)(F)F)cc2)C(=O)c2c(-c3cc4cn[nH]c4cn3)cnn21. The van der Waals surface area contributed by atoms with Crippen LogP contribution in [0.5, 0.6) is 0 Å². The van der Waals surface area contributed by atoms with Gasteiger partial charge in [0.05, 0.1) is 47.0 Å². The van der Waals surface area contributed by atoms with Crippen molar-refractivity contribution >= 4 is 22.5 Å². The lowest BCUT2D eigenvalue weighted by atomic mass is 10.1. The Morgan fingerprint density at radius 2 is 1.90 bits per heavy atom. The Hall–Kier alpha value is -3.69. The Labute approximate surface area is 168 Å². The van der Waals surface area contributed by atoms with Gasteiger partial charge in [0, 0.05) is 17.6 Å². The summed E-state index contributed by atoms with van der Waals surface area (Å²) < 4.78 is 40.3. The lowest BCUT2D eigenvalue weighted by Crippen LogP contribution is -2.42. The van der Waals surface area contributed by atoms with E-state index in [2.05, 4.69) is 20.3 Å². The maximum atomic E-state index is 13.3. The summed E-state index contributed by atoms with van der Waals surface area (Å²) in [6, 6.07) is 6.24. The van der Waals surface area contributed by atoms with Crippen LogP contribution in [0, 0.1) is 0 Å². The minimum Gasteiger partial charge on any atom is -0.305 e. The molecule has 0 spiro atoms. The van der Waals surface area contributed by atoms with Gasteiger partial charge in [-0.25, -0.2) is 0 Å². The number of anilines is 1. The summed E-state index contributed by atoms with van der Waals surface area (Å²) in [5, 5.41) is 12.0. The van der Waals surface area contributed by atoms with E-state index in [0.717, 1.165) is 23.0 Å². The molecule has 10 heteroatoms. The third-order valence-corrected chi connectivity index (χ3v) is 5.21. The molecule has 1 aliphatic heterocycles. The maximum absolute atomic E-state index is 13.3. The molecule has 3 aromatic heterocycles. The molecule has 0 aliphatic carbocycles. The first-order valence-corrected chi connectivity index (χ1v) is 9.19. The fourth-order valence-corrected chi connectivity index (χ4v) is 3.69. The molecule has 5 rings (SSSR count). The molecule has 0 radical (unpaired) electrons. The van der Waals surface area contributed by atoms with Crippen LogP contribution in [0.2, 0.25) is 0 Å². The highest BCUT2D eigenvalue weighted by Gasteiger charge is 2.35. The quantitative estimate of drug-likeness (QED) is 0.539. The standard InChI is InChI=1S/C20H15F3N6O/c1-11-10-28(14-4-2-13(3-5-14)20(21,22)23)19(30)18-15(8-26-29(11)18)16-6-12-7-25-27-17(12)9-24-16/h2-9,11H,10H2,1H3,(H,25,27)/t11-/m0/s1. The van der Waals surface area contributed by atoms with Crippen molar-refractivity contribution < 1.29 is 18.0 Å². The van der Waals surface area contributed by atoms with Gasteiger partial charge in [0.2, 0.25) is 0 Å². The number of hydrogen-bond donors (Lipinski definition) is 1. The van der Waals surface area contributed by atoms with Crippen LogP contribution in [-0.4, -0.2) is 37.4 Å². The van der Waals surface area contributed by atoms with Crippen LogP contribution in [0.1, 0.15) is 29.0 Å². The molecule has 0 unspecified atom stereocenters. The Bertz CT molecular complexity index is 1260. The van der Waals surface area contributed by atoms with E-state index < -0.39 is 11.7 Å². The average molecular weight is 412 g/mol. The molecule has 1 N–H and O–H groups in total. The minimum atomic E-state index is -4.43. The first kappa shape index (κ1) is 18.3. The van der Waals surface area contributed by atoms with Crippen LogP contribution in [0.4, 0.5) is 18.9 Å². The summed E-state index contributed by atoms with van der Waals surface area (Å²) >= 11 is 0. The molecule has 7 nitrogen and oxygen atoms in total. The van der Waals surface area contributed by atoms with E-state index in [1.807, 2.05) is 13.0 Å². The molecule has 0 fully saturated rings. The third-order valence-electron chi connectivity index (χ3n) is 5.21. The lowest BCUT2D eigenvalue weighted by Gasteiger charge is -2.32. The van der Waals surface area contributed by atoms with E-state index >= 15 is 0 Å². The topological polar surface area (TPSA) is 79.7 Å².